The maximum Gasteiger partial charge on any atom is 0.328 e. The Hall–Kier alpha value is -2.70. The van der Waals surface area contributed by atoms with Gasteiger partial charge in [-0.1, -0.05) is 41.4 Å². The summed E-state index contributed by atoms with van der Waals surface area (Å²) in [5.74, 6) is 1.24. The van der Waals surface area contributed by atoms with Crippen LogP contribution in [0.2, 0.25) is 10.0 Å². The Morgan fingerprint density at radius 2 is 1.63 bits per heavy atom. The molecule has 0 spiro atoms. The standard InChI is InChI=1S/C19H17Cl2N3O3/c1-25-17-10-18(26-2)24-19(23-17)27-16-6-4-3-5-15(16)22-11-12-7-8-13(20)9-14(12)21/h3-10,22H,11H2,1-2H3. The molecule has 0 unspecified atom stereocenters. The third-order valence-electron chi connectivity index (χ3n) is 3.65. The molecule has 3 aromatic rings. The molecule has 1 aromatic heterocycles. The Morgan fingerprint density at radius 3 is 2.30 bits per heavy atom. The number of nitrogens with zero attached hydrogens (tertiary/aromatic N) is 2. The molecule has 8 heteroatoms. The highest BCUT2D eigenvalue weighted by Gasteiger charge is 2.11. The molecule has 2 aromatic carbocycles. The summed E-state index contributed by atoms with van der Waals surface area (Å²) in [6.45, 7) is 0.499. The van der Waals surface area contributed by atoms with Gasteiger partial charge in [-0.25, -0.2) is 0 Å². The second-order valence-corrected chi connectivity index (χ2v) is 6.27. The van der Waals surface area contributed by atoms with Gasteiger partial charge >= 0.3 is 6.01 Å². The monoisotopic (exact) mass is 405 g/mol. The van der Waals surface area contributed by atoms with Gasteiger partial charge in [-0.15, -0.1) is 0 Å². The molecule has 0 aliphatic heterocycles. The average molecular weight is 406 g/mol. The average Bonchev–Trinajstić information content (AvgIpc) is 2.68. The van der Waals surface area contributed by atoms with Crippen molar-refractivity contribution in [3.05, 3.63) is 64.1 Å². The molecule has 27 heavy (non-hydrogen) atoms. The number of nitrogens with one attached hydrogen (secondary N) is 1. The molecular weight excluding hydrogens is 389 g/mol. The van der Waals surface area contributed by atoms with E-state index >= 15 is 0 Å². The van der Waals surface area contributed by atoms with E-state index in [0.29, 0.717) is 34.1 Å². The fraction of sp³-hybridized carbons (Fsp3) is 0.158. The van der Waals surface area contributed by atoms with Crippen molar-refractivity contribution in [2.45, 2.75) is 6.54 Å². The second-order valence-electron chi connectivity index (χ2n) is 5.42. The maximum atomic E-state index is 6.23. The van der Waals surface area contributed by atoms with Crippen molar-refractivity contribution in [2.75, 3.05) is 19.5 Å². The molecule has 1 heterocycles. The zero-order valence-electron chi connectivity index (χ0n) is 14.7. The summed E-state index contributed by atoms with van der Waals surface area (Å²) in [4.78, 5) is 8.36. The van der Waals surface area contributed by atoms with Gasteiger partial charge in [-0.3, -0.25) is 0 Å². The predicted octanol–water partition coefficient (Wildman–Crippen LogP) is 5.21. The number of hydrogen-bond donors (Lipinski definition) is 1. The first-order valence-electron chi connectivity index (χ1n) is 8.01. The fourth-order valence-corrected chi connectivity index (χ4v) is 2.77. The lowest BCUT2D eigenvalue weighted by Gasteiger charge is -2.13. The van der Waals surface area contributed by atoms with Crippen LogP contribution in [-0.4, -0.2) is 24.2 Å². The fourth-order valence-electron chi connectivity index (χ4n) is 2.29. The second kappa shape index (κ2) is 8.79. The number of methoxy groups -OCH3 is 2. The van der Waals surface area contributed by atoms with Crippen molar-refractivity contribution in [2.24, 2.45) is 0 Å². The molecule has 1 N–H and O–H groups in total. The minimum absolute atomic E-state index is 0.116. The summed E-state index contributed by atoms with van der Waals surface area (Å²) in [5, 5.41) is 4.48. The summed E-state index contributed by atoms with van der Waals surface area (Å²) >= 11 is 12.2. The molecule has 0 saturated carbocycles. The van der Waals surface area contributed by atoms with Gasteiger partial charge in [0.05, 0.1) is 26.0 Å². The molecule has 0 bridgehead atoms. The Kier molecular flexibility index (Phi) is 6.21. The number of aromatic nitrogens is 2. The molecule has 6 nitrogen and oxygen atoms in total. The summed E-state index contributed by atoms with van der Waals surface area (Å²) < 4.78 is 16.1. The largest absolute Gasteiger partial charge is 0.481 e. The summed E-state index contributed by atoms with van der Waals surface area (Å²) in [7, 11) is 3.02. The highest BCUT2D eigenvalue weighted by Crippen LogP contribution is 2.30. The molecule has 3 rings (SSSR count). The third kappa shape index (κ3) is 4.93. The number of benzene rings is 2. The summed E-state index contributed by atoms with van der Waals surface area (Å²) in [6, 6.07) is 14.5. The highest BCUT2D eigenvalue weighted by atomic mass is 35.5. The van der Waals surface area contributed by atoms with Gasteiger partial charge in [0.25, 0.3) is 0 Å². The van der Waals surface area contributed by atoms with E-state index in [9.17, 15) is 0 Å². The van der Waals surface area contributed by atoms with Crippen molar-refractivity contribution in [1.82, 2.24) is 9.97 Å². The Labute approximate surface area is 167 Å². The Morgan fingerprint density at radius 1 is 0.926 bits per heavy atom. The lowest BCUT2D eigenvalue weighted by molar-refractivity contribution is 0.348. The molecule has 0 aliphatic carbocycles. The number of rotatable bonds is 7. The minimum Gasteiger partial charge on any atom is -0.481 e. The van der Waals surface area contributed by atoms with Crippen molar-refractivity contribution < 1.29 is 14.2 Å². The van der Waals surface area contributed by atoms with Crippen LogP contribution in [0.3, 0.4) is 0 Å². The Balaban J connectivity index is 1.80. The van der Waals surface area contributed by atoms with E-state index in [1.807, 2.05) is 24.3 Å². The maximum absolute atomic E-state index is 6.23. The van der Waals surface area contributed by atoms with Crippen LogP contribution in [0.15, 0.2) is 48.5 Å². The van der Waals surface area contributed by atoms with Gasteiger partial charge in [0.2, 0.25) is 11.8 Å². The van der Waals surface area contributed by atoms with Gasteiger partial charge in [-0.2, -0.15) is 9.97 Å². The smallest absolute Gasteiger partial charge is 0.328 e. The zero-order chi connectivity index (χ0) is 19.2. The van der Waals surface area contributed by atoms with Gasteiger partial charge in [0, 0.05) is 16.6 Å². The lowest BCUT2D eigenvalue weighted by Crippen LogP contribution is -2.03. The van der Waals surface area contributed by atoms with Crippen LogP contribution in [0.5, 0.6) is 23.5 Å². The van der Waals surface area contributed by atoms with Crippen LogP contribution in [-0.2, 0) is 6.54 Å². The van der Waals surface area contributed by atoms with Crippen molar-refractivity contribution in [3.8, 4) is 23.5 Å². The van der Waals surface area contributed by atoms with Crippen LogP contribution in [0.1, 0.15) is 5.56 Å². The van der Waals surface area contributed by atoms with Crippen molar-refractivity contribution >= 4 is 28.9 Å². The zero-order valence-corrected chi connectivity index (χ0v) is 16.2. The van der Waals surface area contributed by atoms with E-state index in [4.69, 9.17) is 37.4 Å². The van der Waals surface area contributed by atoms with E-state index in [2.05, 4.69) is 15.3 Å². The molecule has 0 fully saturated rings. The normalized spacial score (nSPS) is 10.4. The first-order chi connectivity index (χ1) is 13.1. The lowest BCUT2D eigenvalue weighted by atomic mass is 10.2. The van der Waals surface area contributed by atoms with Crippen molar-refractivity contribution in [3.63, 3.8) is 0 Å². The first-order valence-corrected chi connectivity index (χ1v) is 8.76. The molecule has 0 aliphatic rings. The molecule has 0 atom stereocenters. The quantitative estimate of drug-likeness (QED) is 0.582. The Bertz CT molecular complexity index is 916. The molecule has 140 valence electrons. The number of ether oxygens (including phenoxy) is 3. The molecule has 0 saturated heterocycles. The number of para-hydroxylation sites is 2. The van der Waals surface area contributed by atoms with Crippen molar-refractivity contribution in [1.29, 1.82) is 0 Å². The molecule has 0 amide bonds. The molecular formula is C19H17Cl2N3O3. The molecule has 0 radical (unpaired) electrons. The van der Waals surface area contributed by atoms with Crippen LogP contribution in [0.25, 0.3) is 0 Å². The first kappa shape index (κ1) is 19.1. The van der Waals surface area contributed by atoms with Crippen LogP contribution in [0.4, 0.5) is 5.69 Å². The summed E-state index contributed by atoms with van der Waals surface area (Å²) in [5.41, 5.74) is 1.67. The van der Waals surface area contributed by atoms with E-state index in [0.717, 1.165) is 11.3 Å². The number of halogens is 2. The van der Waals surface area contributed by atoms with Gasteiger partial charge < -0.3 is 19.5 Å². The van der Waals surface area contributed by atoms with Gasteiger partial charge in [-0.05, 0) is 29.8 Å². The van der Waals surface area contributed by atoms with E-state index in [-0.39, 0.29) is 6.01 Å². The highest BCUT2D eigenvalue weighted by molar-refractivity contribution is 6.35. The number of anilines is 1. The summed E-state index contributed by atoms with van der Waals surface area (Å²) in [6.07, 6.45) is 0. The topological polar surface area (TPSA) is 65.5 Å². The van der Waals surface area contributed by atoms with Gasteiger partial charge in [0.15, 0.2) is 5.75 Å². The third-order valence-corrected chi connectivity index (χ3v) is 4.24. The SMILES string of the molecule is COc1cc(OC)nc(Oc2ccccc2NCc2ccc(Cl)cc2Cl)n1. The van der Waals surface area contributed by atoms with E-state index < -0.39 is 0 Å². The number of hydrogen-bond acceptors (Lipinski definition) is 6. The van der Waals surface area contributed by atoms with Crippen LogP contribution < -0.4 is 19.5 Å². The van der Waals surface area contributed by atoms with E-state index in [1.54, 1.807) is 24.3 Å². The van der Waals surface area contributed by atoms with Crippen LogP contribution >= 0.6 is 23.2 Å². The van der Waals surface area contributed by atoms with E-state index in [1.165, 1.54) is 14.2 Å². The van der Waals surface area contributed by atoms with Crippen LogP contribution in [0, 0.1) is 0 Å². The van der Waals surface area contributed by atoms with Gasteiger partial charge in [0.1, 0.15) is 0 Å². The minimum atomic E-state index is 0.116. The predicted molar refractivity (Wildman–Crippen MR) is 105 cm³/mol.